The number of carboxylic acid groups (broad SMARTS) is 1. The van der Waals surface area contributed by atoms with Crippen molar-refractivity contribution < 1.29 is 19.8 Å². The molecule has 6 nitrogen and oxygen atoms in total. The van der Waals surface area contributed by atoms with Crippen molar-refractivity contribution in [1.82, 2.24) is 0 Å². The zero-order valence-electron chi connectivity index (χ0n) is 9.33. The summed E-state index contributed by atoms with van der Waals surface area (Å²) in [5.74, 6) is -1.67. The SMILES string of the molecule is C[C@H](CN(C(N)=O)c1ccc(O)cc1)C(=O)O. The minimum Gasteiger partial charge on any atom is -0.508 e. The second-order valence-corrected chi connectivity index (χ2v) is 3.70. The minimum absolute atomic E-state index is 0.0184. The topological polar surface area (TPSA) is 104 Å². The number of urea groups is 1. The van der Waals surface area contributed by atoms with Gasteiger partial charge in [-0.2, -0.15) is 0 Å². The molecule has 4 N–H and O–H groups in total. The van der Waals surface area contributed by atoms with Gasteiger partial charge in [0.2, 0.25) is 0 Å². The fourth-order valence-electron chi connectivity index (χ4n) is 1.31. The Morgan fingerprint density at radius 2 is 1.88 bits per heavy atom. The maximum atomic E-state index is 11.2. The van der Waals surface area contributed by atoms with Gasteiger partial charge >= 0.3 is 12.0 Å². The Hall–Kier alpha value is -2.24. The van der Waals surface area contributed by atoms with E-state index < -0.39 is 17.9 Å². The number of hydrogen-bond acceptors (Lipinski definition) is 3. The first-order valence-electron chi connectivity index (χ1n) is 5.00. The summed E-state index contributed by atoms with van der Waals surface area (Å²) in [4.78, 5) is 23.1. The zero-order chi connectivity index (χ0) is 13.0. The van der Waals surface area contributed by atoms with E-state index >= 15 is 0 Å². The van der Waals surface area contributed by atoms with Gasteiger partial charge in [0, 0.05) is 12.2 Å². The summed E-state index contributed by atoms with van der Waals surface area (Å²) in [7, 11) is 0. The molecule has 1 rings (SSSR count). The molecule has 92 valence electrons. The van der Waals surface area contributed by atoms with Crippen LogP contribution >= 0.6 is 0 Å². The molecule has 0 saturated carbocycles. The fraction of sp³-hybridized carbons (Fsp3) is 0.273. The third kappa shape index (κ3) is 3.37. The van der Waals surface area contributed by atoms with Gasteiger partial charge in [0.15, 0.2) is 0 Å². The second-order valence-electron chi connectivity index (χ2n) is 3.70. The molecule has 0 fully saturated rings. The number of carboxylic acids is 1. The molecule has 0 bridgehead atoms. The van der Waals surface area contributed by atoms with Crippen LogP contribution in [0.25, 0.3) is 0 Å². The van der Waals surface area contributed by atoms with Gasteiger partial charge in [-0.25, -0.2) is 4.79 Å². The molecule has 0 heterocycles. The molecule has 6 heteroatoms. The fourth-order valence-corrected chi connectivity index (χ4v) is 1.31. The highest BCUT2D eigenvalue weighted by molar-refractivity contribution is 5.91. The molecule has 0 aromatic heterocycles. The van der Waals surface area contributed by atoms with Crippen molar-refractivity contribution in [3.05, 3.63) is 24.3 Å². The third-order valence-electron chi connectivity index (χ3n) is 2.31. The molecular formula is C11H14N2O4. The van der Waals surface area contributed by atoms with E-state index in [1.54, 1.807) is 0 Å². The van der Waals surface area contributed by atoms with Crippen molar-refractivity contribution >= 4 is 17.7 Å². The average molecular weight is 238 g/mol. The first kappa shape index (κ1) is 12.8. The van der Waals surface area contributed by atoms with Crippen LogP contribution in [0.1, 0.15) is 6.92 Å². The number of phenolic OH excluding ortho intramolecular Hbond substituents is 1. The Morgan fingerprint density at radius 1 is 1.35 bits per heavy atom. The van der Waals surface area contributed by atoms with E-state index in [2.05, 4.69) is 0 Å². The Kier molecular flexibility index (Phi) is 3.92. The summed E-state index contributed by atoms with van der Waals surface area (Å²) in [6.07, 6.45) is 0. The number of benzene rings is 1. The van der Waals surface area contributed by atoms with Crippen LogP contribution in [0, 0.1) is 5.92 Å². The van der Waals surface area contributed by atoms with Gasteiger partial charge in [0.05, 0.1) is 5.92 Å². The number of aromatic hydroxyl groups is 1. The summed E-state index contributed by atoms with van der Waals surface area (Å²) in [5.41, 5.74) is 5.63. The van der Waals surface area contributed by atoms with E-state index in [9.17, 15) is 9.59 Å². The molecule has 1 aromatic carbocycles. The summed E-state index contributed by atoms with van der Waals surface area (Å²) in [6.45, 7) is 1.47. The van der Waals surface area contributed by atoms with E-state index in [0.29, 0.717) is 5.69 Å². The zero-order valence-corrected chi connectivity index (χ0v) is 9.33. The van der Waals surface area contributed by atoms with Crippen molar-refractivity contribution in [2.45, 2.75) is 6.92 Å². The number of aliphatic carboxylic acids is 1. The van der Waals surface area contributed by atoms with E-state index in [4.69, 9.17) is 15.9 Å². The van der Waals surface area contributed by atoms with Crippen molar-refractivity contribution in [1.29, 1.82) is 0 Å². The molecule has 0 unspecified atom stereocenters. The van der Waals surface area contributed by atoms with Crippen LogP contribution in [0.15, 0.2) is 24.3 Å². The second kappa shape index (κ2) is 5.20. The molecule has 1 atom stereocenters. The lowest BCUT2D eigenvalue weighted by atomic mass is 10.1. The number of carbonyl (C=O) groups excluding carboxylic acids is 1. The predicted molar refractivity (Wildman–Crippen MR) is 61.8 cm³/mol. The quantitative estimate of drug-likeness (QED) is 0.727. The molecule has 2 amide bonds. The number of nitrogens with zero attached hydrogens (tertiary/aromatic N) is 1. The van der Waals surface area contributed by atoms with E-state index in [0.717, 1.165) is 4.90 Å². The Labute approximate surface area is 98.3 Å². The van der Waals surface area contributed by atoms with Gasteiger partial charge in [-0.3, -0.25) is 9.69 Å². The number of nitrogens with two attached hydrogens (primary N) is 1. The lowest BCUT2D eigenvalue weighted by molar-refractivity contribution is -0.140. The van der Waals surface area contributed by atoms with Crippen LogP contribution in [0.5, 0.6) is 5.75 Å². The van der Waals surface area contributed by atoms with Crippen LogP contribution in [-0.2, 0) is 4.79 Å². The Bertz CT molecular complexity index is 416. The standard InChI is InChI=1S/C11H14N2O4/c1-7(10(15)16)6-13(11(12)17)8-2-4-9(14)5-3-8/h2-5,7,14H,6H2,1H3,(H2,12,17)(H,15,16)/t7-/m1/s1. The Balaban J connectivity index is 2.90. The smallest absolute Gasteiger partial charge is 0.319 e. The highest BCUT2D eigenvalue weighted by atomic mass is 16.4. The number of amides is 2. The first-order valence-corrected chi connectivity index (χ1v) is 5.00. The average Bonchev–Trinajstić information content (AvgIpc) is 2.26. The molecule has 0 radical (unpaired) electrons. The van der Waals surface area contributed by atoms with Gasteiger partial charge in [0.1, 0.15) is 5.75 Å². The number of phenols is 1. The van der Waals surface area contributed by atoms with Crippen molar-refractivity contribution in [2.24, 2.45) is 11.7 Å². The van der Waals surface area contributed by atoms with E-state index in [1.807, 2.05) is 0 Å². The van der Waals surface area contributed by atoms with Crippen LogP contribution in [0.2, 0.25) is 0 Å². The molecule has 0 spiro atoms. The van der Waals surface area contributed by atoms with E-state index in [-0.39, 0.29) is 12.3 Å². The number of hydrogen-bond donors (Lipinski definition) is 3. The van der Waals surface area contributed by atoms with Gasteiger partial charge in [-0.15, -0.1) is 0 Å². The van der Waals surface area contributed by atoms with Gasteiger partial charge in [-0.05, 0) is 24.3 Å². The summed E-state index contributed by atoms with van der Waals surface area (Å²) in [5, 5.41) is 17.9. The van der Waals surface area contributed by atoms with Crippen LogP contribution in [0.3, 0.4) is 0 Å². The molecule has 0 saturated heterocycles. The predicted octanol–water partition coefficient (Wildman–Crippen LogP) is 0.998. The lowest BCUT2D eigenvalue weighted by Gasteiger charge is -2.22. The van der Waals surface area contributed by atoms with Crippen LogP contribution < -0.4 is 10.6 Å². The summed E-state index contributed by atoms with van der Waals surface area (Å²) < 4.78 is 0. The highest BCUT2D eigenvalue weighted by Gasteiger charge is 2.20. The van der Waals surface area contributed by atoms with E-state index in [1.165, 1.54) is 31.2 Å². The third-order valence-corrected chi connectivity index (χ3v) is 2.31. The lowest BCUT2D eigenvalue weighted by Crippen LogP contribution is -2.40. The normalized spacial score (nSPS) is 11.8. The van der Waals surface area contributed by atoms with Gasteiger partial charge in [0.25, 0.3) is 0 Å². The van der Waals surface area contributed by atoms with Crippen molar-refractivity contribution in [3.63, 3.8) is 0 Å². The maximum absolute atomic E-state index is 11.2. The number of carbonyl (C=O) groups is 2. The summed E-state index contributed by atoms with van der Waals surface area (Å²) in [6, 6.07) is 5.06. The molecule has 0 aliphatic rings. The maximum Gasteiger partial charge on any atom is 0.319 e. The highest BCUT2D eigenvalue weighted by Crippen LogP contribution is 2.19. The van der Waals surface area contributed by atoms with Crippen molar-refractivity contribution in [3.8, 4) is 5.75 Å². The monoisotopic (exact) mass is 238 g/mol. The van der Waals surface area contributed by atoms with Crippen LogP contribution in [0.4, 0.5) is 10.5 Å². The first-order chi connectivity index (χ1) is 7.91. The number of primary amides is 1. The Morgan fingerprint density at radius 3 is 2.29 bits per heavy atom. The molecular weight excluding hydrogens is 224 g/mol. The molecule has 0 aliphatic carbocycles. The minimum atomic E-state index is -1.00. The number of rotatable bonds is 4. The molecule has 0 aliphatic heterocycles. The largest absolute Gasteiger partial charge is 0.508 e. The summed E-state index contributed by atoms with van der Waals surface area (Å²) >= 11 is 0. The number of anilines is 1. The molecule has 1 aromatic rings. The van der Waals surface area contributed by atoms with Gasteiger partial charge < -0.3 is 15.9 Å². The van der Waals surface area contributed by atoms with Crippen molar-refractivity contribution in [2.75, 3.05) is 11.4 Å². The molecule has 17 heavy (non-hydrogen) atoms. The van der Waals surface area contributed by atoms with Crippen LogP contribution in [-0.4, -0.2) is 28.8 Å². The van der Waals surface area contributed by atoms with Gasteiger partial charge in [-0.1, -0.05) is 6.92 Å².